The highest BCUT2D eigenvalue weighted by atomic mass is 19.1. The molecule has 0 aliphatic carbocycles. The van der Waals surface area contributed by atoms with Crippen molar-refractivity contribution in [2.45, 2.75) is 13.1 Å². The first-order chi connectivity index (χ1) is 10.5. The Hall–Kier alpha value is -2.54. The lowest BCUT2D eigenvalue weighted by molar-refractivity contribution is -0.384. The third kappa shape index (κ3) is 3.98. The van der Waals surface area contributed by atoms with Gasteiger partial charge >= 0.3 is 5.69 Å². The SMILES string of the molecule is CN(C)Cc1cc(CNc2ncccc2[N+](=O)[O-])ccc1F. The maximum atomic E-state index is 13.7. The topological polar surface area (TPSA) is 71.3 Å². The van der Waals surface area contributed by atoms with Crippen molar-refractivity contribution in [3.05, 3.63) is 63.6 Å². The molecular weight excluding hydrogens is 287 g/mol. The molecule has 0 radical (unpaired) electrons. The molecule has 1 N–H and O–H groups in total. The standard InChI is InChI=1S/C15H17FN4O2/c1-19(2)10-12-8-11(5-6-13(12)16)9-18-15-14(20(21)22)4-3-7-17-15/h3-8H,9-10H2,1-2H3,(H,17,18). The van der Waals surface area contributed by atoms with Gasteiger partial charge in [-0.2, -0.15) is 0 Å². The number of anilines is 1. The molecule has 2 rings (SSSR count). The summed E-state index contributed by atoms with van der Waals surface area (Å²) in [5, 5.41) is 13.8. The fraction of sp³-hybridized carbons (Fsp3) is 0.267. The summed E-state index contributed by atoms with van der Waals surface area (Å²) >= 11 is 0. The second-order valence-corrected chi connectivity index (χ2v) is 5.15. The van der Waals surface area contributed by atoms with E-state index < -0.39 is 4.92 Å². The van der Waals surface area contributed by atoms with Crippen LogP contribution in [-0.2, 0) is 13.1 Å². The molecule has 1 aromatic carbocycles. The van der Waals surface area contributed by atoms with Crippen LogP contribution in [0.4, 0.5) is 15.9 Å². The van der Waals surface area contributed by atoms with Crippen LogP contribution in [0.2, 0.25) is 0 Å². The molecule has 0 unspecified atom stereocenters. The summed E-state index contributed by atoms with van der Waals surface area (Å²) < 4.78 is 13.7. The van der Waals surface area contributed by atoms with Crippen molar-refractivity contribution < 1.29 is 9.31 Å². The van der Waals surface area contributed by atoms with Gasteiger partial charge in [-0.3, -0.25) is 10.1 Å². The van der Waals surface area contributed by atoms with Gasteiger partial charge in [0.2, 0.25) is 5.82 Å². The monoisotopic (exact) mass is 304 g/mol. The molecule has 0 saturated heterocycles. The lowest BCUT2D eigenvalue weighted by Crippen LogP contribution is -2.12. The van der Waals surface area contributed by atoms with Crippen LogP contribution < -0.4 is 5.32 Å². The minimum Gasteiger partial charge on any atom is -0.360 e. The van der Waals surface area contributed by atoms with Crippen LogP contribution in [0.3, 0.4) is 0 Å². The highest BCUT2D eigenvalue weighted by molar-refractivity contribution is 5.55. The summed E-state index contributed by atoms with van der Waals surface area (Å²) in [6, 6.07) is 7.70. The average molecular weight is 304 g/mol. The minimum atomic E-state index is -0.489. The quantitative estimate of drug-likeness (QED) is 0.656. The van der Waals surface area contributed by atoms with E-state index in [1.54, 1.807) is 12.1 Å². The van der Waals surface area contributed by atoms with Crippen LogP contribution in [0.5, 0.6) is 0 Å². The number of nitro groups is 1. The van der Waals surface area contributed by atoms with Crippen LogP contribution in [-0.4, -0.2) is 28.9 Å². The number of hydrogen-bond donors (Lipinski definition) is 1. The maximum absolute atomic E-state index is 13.7. The van der Waals surface area contributed by atoms with Crippen molar-refractivity contribution in [2.75, 3.05) is 19.4 Å². The fourth-order valence-corrected chi connectivity index (χ4v) is 2.07. The minimum absolute atomic E-state index is 0.0851. The van der Waals surface area contributed by atoms with Gasteiger partial charge in [-0.25, -0.2) is 9.37 Å². The van der Waals surface area contributed by atoms with Gasteiger partial charge in [0.05, 0.1) is 4.92 Å². The number of nitrogens with zero attached hydrogens (tertiary/aromatic N) is 3. The van der Waals surface area contributed by atoms with Crippen molar-refractivity contribution in [3.63, 3.8) is 0 Å². The van der Waals surface area contributed by atoms with E-state index in [0.717, 1.165) is 5.56 Å². The maximum Gasteiger partial charge on any atom is 0.311 e. The van der Waals surface area contributed by atoms with Gasteiger partial charge in [-0.05, 0) is 37.9 Å². The van der Waals surface area contributed by atoms with E-state index >= 15 is 0 Å². The van der Waals surface area contributed by atoms with Gasteiger partial charge in [0.15, 0.2) is 0 Å². The molecule has 1 heterocycles. The number of pyridine rings is 1. The normalized spacial score (nSPS) is 10.7. The van der Waals surface area contributed by atoms with Crippen molar-refractivity contribution in [1.82, 2.24) is 9.88 Å². The first-order valence-corrected chi connectivity index (χ1v) is 6.72. The molecule has 0 aliphatic heterocycles. The van der Waals surface area contributed by atoms with E-state index in [9.17, 15) is 14.5 Å². The number of hydrogen-bond acceptors (Lipinski definition) is 5. The Morgan fingerprint density at radius 3 is 2.82 bits per heavy atom. The number of nitrogens with one attached hydrogen (secondary N) is 1. The number of aromatic nitrogens is 1. The molecule has 2 aromatic rings. The van der Waals surface area contributed by atoms with Crippen LogP contribution in [0.15, 0.2) is 36.5 Å². The molecule has 7 heteroatoms. The van der Waals surface area contributed by atoms with Crippen LogP contribution >= 0.6 is 0 Å². The highest BCUT2D eigenvalue weighted by Gasteiger charge is 2.13. The van der Waals surface area contributed by atoms with Crippen molar-refractivity contribution in [1.29, 1.82) is 0 Å². The smallest absolute Gasteiger partial charge is 0.311 e. The predicted molar refractivity (Wildman–Crippen MR) is 82.0 cm³/mol. The van der Waals surface area contributed by atoms with Gasteiger partial charge in [0.25, 0.3) is 0 Å². The number of halogens is 1. The zero-order chi connectivity index (χ0) is 16.1. The molecule has 0 spiro atoms. The van der Waals surface area contributed by atoms with Gasteiger partial charge in [0, 0.05) is 30.9 Å². The van der Waals surface area contributed by atoms with Crippen LogP contribution in [0.1, 0.15) is 11.1 Å². The van der Waals surface area contributed by atoms with Crippen LogP contribution in [0.25, 0.3) is 0 Å². The molecule has 116 valence electrons. The Balaban J connectivity index is 2.14. The Bertz CT molecular complexity index is 676. The molecule has 0 bridgehead atoms. The van der Waals surface area contributed by atoms with E-state index in [1.807, 2.05) is 19.0 Å². The highest BCUT2D eigenvalue weighted by Crippen LogP contribution is 2.21. The molecule has 6 nitrogen and oxygen atoms in total. The second-order valence-electron chi connectivity index (χ2n) is 5.15. The Morgan fingerprint density at radius 2 is 2.14 bits per heavy atom. The summed E-state index contributed by atoms with van der Waals surface area (Å²) in [4.78, 5) is 16.3. The summed E-state index contributed by atoms with van der Waals surface area (Å²) in [5.74, 6) is -0.0627. The molecule has 0 amide bonds. The third-order valence-electron chi connectivity index (χ3n) is 3.04. The molecule has 0 aliphatic rings. The zero-order valence-corrected chi connectivity index (χ0v) is 12.4. The van der Waals surface area contributed by atoms with Gasteiger partial charge in [-0.1, -0.05) is 6.07 Å². The lowest BCUT2D eigenvalue weighted by Gasteiger charge is -2.12. The summed E-state index contributed by atoms with van der Waals surface area (Å²) in [7, 11) is 3.73. The zero-order valence-electron chi connectivity index (χ0n) is 12.4. The summed E-state index contributed by atoms with van der Waals surface area (Å²) in [5.41, 5.74) is 1.33. The Labute approximate surface area is 127 Å². The number of rotatable bonds is 6. The van der Waals surface area contributed by atoms with E-state index in [-0.39, 0.29) is 17.3 Å². The molecule has 1 aromatic heterocycles. The molecular formula is C15H17FN4O2. The fourth-order valence-electron chi connectivity index (χ4n) is 2.07. The largest absolute Gasteiger partial charge is 0.360 e. The second kappa shape index (κ2) is 6.95. The Kier molecular flexibility index (Phi) is 5.00. The van der Waals surface area contributed by atoms with E-state index in [2.05, 4.69) is 10.3 Å². The molecule has 0 fully saturated rings. The van der Waals surface area contributed by atoms with Gasteiger partial charge in [0.1, 0.15) is 5.82 Å². The molecule has 22 heavy (non-hydrogen) atoms. The van der Waals surface area contributed by atoms with Crippen molar-refractivity contribution in [3.8, 4) is 0 Å². The average Bonchev–Trinajstić information content (AvgIpc) is 2.47. The first-order valence-electron chi connectivity index (χ1n) is 6.72. The van der Waals surface area contributed by atoms with E-state index in [0.29, 0.717) is 18.7 Å². The number of benzene rings is 1. The van der Waals surface area contributed by atoms with Crippen molar-refractivity contribution >= 4 is 11.5 Å². The lowest BCUT2D eigenvalue weighted by atomic mass is 10.1. The van der Waals surface area contributed by atoms with E-state index in [4.69, 9.17) is 0 Å². The van der Waals surface area contributed by atoms with Crippen molar-refractivity contribution in [2.24, 2.45) is 0 Å². The van der Waals surface area contributed by atoms with Gasteiger partial charge < -0.3 is 10.2 Å². The van der Waals surface area contributed by atoms with Gasteiger partial charge in [-0.15, -0.1) is 0 Å². The summed E-state index contributed by atoms with van der Waals surface area (Å²) in [6.45, 7) is 0.821. The molecule has 0 atom stereocenters. The first kappa shape index (κ1) is 15.8. The predicted octanol–water partition coefficient (Wildman–Crippen LogP) is 2.80. The van der Waals surface area contributed by atoms with E-state index in [1.165, 1.54) is 24.4 Å². The van der Waals surface area contributed by atoms with Crippen LogP contribution in [0, 0.1) is 15.9 Å². The third-order valence-corrected chi connectivity index (χ3v) is 3.04. The summed E-state index contributed by atoms with van der Waals surface area (Å²) in [6.07, 6.45) is 1.48. The molecule has 0 saturated carbocycles. The Morgan fingerprint density at radius 1 is 1.36 bits per heavy atom.